The maximum Gasteiger partial charge on any atom is 0.174 e. The van der Waals surface area contributed by atoms with E-state index in [0.29, 0.717) is 16.9 Å². The molecule has 0 aliphatic heterocycles. The molecule has 2 aromatic carbocycles. The second kappa shape index (κ2) is 6.78. The number of Topliss-reactive ketones (excluding diaryl/α,β-unsaturated/α-hetero) is 2. The highest BCUT2D eigenvalue weighted by atomic mass is 16.5. The topological polar surface area (TPSA) is 43.4 Å². The molecule has 0 N–H and O–H groups in total. The Morgan fingerprint density at radius 3 is 1.65 bits per heavy atom. The van der Waals surface area contributed by atoms with Gasteiger partial charge in [-0.3, -0.25) is 9.59 Å². The van der Waals surface area contributed by atoms with Crippen molar-refractivity contribution >= 4 is 11.6 Å². The van der Waals surface area contributed by atoms with Crippen LogP contribution < -0.4 is 4.74 Å². The Balaban J connectivity index is 2.07. The van der Waals surface area contributed by atoms with E-state index in [1.165, 1.54) is 0 Å². The van der Waals surface area contributed by atoms with E-state index in [0.717, 1.165) is 12.0 Å². The van der Waals surface area contributed by atoms with E-state index in [1.807, 2.05) is 12.1 Å². The van der Waals surface area contributed by atoms with Crippen molar-refractivity contribution < 1.29 is 14.3 Å². The summed E-state index contributed by atoms with van der Waals surface area (Å²) in [5.74, 6) is 0.0782. The average Bonchev–Trinajstić information content (AvgIpc) is 2.54. The van der Waals surface area contributed by atoms with Crippen LogP contribution in [-0.4, -0.2) is 18.7 Å². The zero-order valence-electron chi connectivity index (χ0n) is 13.9. The number of ether oxygens (including phenoxy) is 1. The summed E-state index contributed by atoms with van der Waals surface area (Å²) in [7, 11) is 1.56. The minimum atomic E-state index is -0.308. The van der Waals surface area contributed by atoms with Gasteiger partial charge in [-0.15, -0.1) is 0 Å². The first-order valence-electron chi connectivity index (χ1n) is 7.49. The van der Waals surface area contributed by atoms with Gasteiger partial charge in [0.2, 0.25) is 0 Å². The summed E-state index contributed by atoms with van der Waals surface area (Å²) in [6.07, 6.45) is 1.13. The predicted molar refractivity (Wildman–Crippen MR) is 91.1 cm³/mol. The van der Waals surface area contributed by atoms with E-state index in [9.17, 15) is 9.59 Å². The van der Waals surface area contributed by atoms with E-state index >= 15 is 0 Å². The van der Waals surface area contributed by atoms with E-state index < -0.39 is 0 Å². The van der Waals surface area contributed by atoms with Crippen LogP contribution in [0.1, 0.15) is 47.1 Å². The van der Waals surface area contributed by atoms with Gasteiger partial charge in [0.15, 0.2) is 11.6 Å². The van der Waals surface area contributed by atoms with Crippen LogP contribution in [0, 0.1) is 6.42 Å². The van der Waals surface area contributed by atoms with Gasteiger partial charge in [-0.25, -0.2) is 0 Å². The minimum absolute atomic E-state index is 0.0320. The summed E-state index contributed by atoms with van der Waals surface area (Å²) in [4.78, 5) is 24.3. The van der Waals surface area contributed by atoms with Crippen molar-refractivity contribution in [1.29, 1.82) is 0 Å². The highest BCUT2D eigenvalue weighted by molar-refractivity contribution is 6.22. The summed E-state index contributed by atoms with van der Waals surface area (Å²) < 4.78 is 5.05. The van der Waals surface area contributed by atoms with Crippen LogP contribution in [0.15, 0.2) is 48.5 Å². The van der Waals surface area contributed by atoms with Crippen LogP contribution in [-0.2, 0) is 5.41 Å². The summed E-state index contributed by atoms with van der Waals surface area (Å²) in [6.45, 7) is 6.34. The smallest absolute Gasteiger partial charge is 0.174 e. The van der Waals surface area contributed by atoms with Crippen molar-refractivity contribution in [2.45, 2.75) is 26.2 Å². The number of hydrogen-bond acceptors (Lipinski definition) is 3. The van der Waals surface area contributed by atoms with Crippen LogP contribution in [0.25, 0.3) is 0 Å². The fourth-order valence-corrected chi connectivity index (χ4v) is 2.18. The molecule has 119 valence electrons. The number of rotatable bonds is 5. The minimum Gasteiger partial charge on any atom is -0.497 e. The molecule has 0 aromatic heterocycles. The lowest BCUT2D eigenvalue weighted by Gasteiger charge is -2.18. The number of carbonyl (C=O) groups excluding carboxylic acids is 2. The molecule has 0 aliphatic rings. The zero-order valence-corrected chi connectivity index (χ0v) is 13.9. The number of hydrogen-bond donors (Lipinski definition) is 0. The Kier molecular flexibility index (Phi) is 4.99. The molecule has 0 saturated carbocycles. The Morgan fingerprint density at radius 2 is 1.26 bits per heavy atom. The molecular formula is C20H21O3. The van der Waals surface area contributed by atoms with Crippen molar-refractivity contribution in [3.8, 4) is 5.75 Å². The first kappa shape index (κ1) is 16.9. The molecule has 0 saturated heterocycles. The zero-order chi connectivity index (χ0) is 17.0. The molecule has 0 bridgehead atoms. The lowest BCUT2D eigenvalue weighted by molar-refractivity contribution is 0.0956. The van der Waals surface area contributed by atoms with Gasteiger partial charge in [-0.2, -0.15) is 0 Å². The molecule has 0 aliphatic carbocycles. The van der Waals surface area contributed by atoms with E-state index in [4.69, 9.17) is 4.74 Å². The lowest BCUT2D eigenvalue weighted by atomic mass is 9.86. The SMILES string of the molecule is COc1ccc(C(=O)[CH]C(=O)c2ccc(C(C)(C)C)cc2)cc1. The van der Waals surface area contributed by atoms with Crippen molar-refractivity contribution in [3.05, 3.63) is 71.6 Å². The quantitative estimate of drug-likeness (QED) is 0.612. The second-order valence-electron chi connectivity index (χ2n) is 6.43. The van der Waals surface area contributed by atoms with Crippen LogP contribution in [0.2, 0.25) is 0 Å². The lowest BCUT2D eigenvalue weighted by Crippen LogP contribution is -2.13. The van der Waals surface area contributed by atoms with Gasteiger partial charge in [0.1, 0.15) is 12.2 Å². The normalized spacial score (nSPS) is 11.1. The Labute approximate surface area is 137 Å². The first-order valence-corrected chi connectivity index (χ1v) is 7.49. The number of methoxy groups -OCH3 is 1. The molecule has 0 atom stereocenters. The molecule has 23 heavy (non-hydrogen) atoms. The molecule has 2 aromatic rings. The highest BCUT2D eigenvalue weighted by Crippen LogP contribution is 2.22. The van der Waals surface area contributed by atoms with Crippen molar-refractivity contribution in [1.82, 2.24) is 0 Å². The maximum atomic E-state index is 12.2. The van der Waals surface area contributed by atoms with Gasteiger partial charge in [-0.1, -0.05) is 45.0 Å². The van der Waals surface area contributed by atoms with Gasteiger partial charge in [0.05, 0.1) is 7.11 Å². The molecule has 2 rings (SSSR count). The molecular weight excluding hydrogens is 288 g/mol. The van der Waals surface area contributed by atoms with Gasteiger partial charge < -0.3 is 4.74 Å². The van der Waals surface area contributed by atoms with Crippen LogP contribution in [0.4, 0.5) is 0 Å². The van der Waals surface area contributed by atoms with Gasteiger partial charge >= 0.3 is 0 Å². The predicted octanol–water partition coefficient (Wildman–Crippen LogP) is 4.26. The number of carbonyl (C=O) groups is 2. The third kappa shape index (κ3) is 4.28. The van der Waals surface area contributed by atoms with E-state index in [-0.39, 0.29) is 17.0 Å². The Morgan fingerprint density at radius 1 is 0.826 bits per heavy atom. The number of benzene rings is 2. The molecule has 0 fully saturated rings. The highest BCUT2D eigenvalue weighted by Gasteiger charge is 2.17. The summed E-state index contributed by atoms with van der Waals surface area (Å²) in [6, 6.07) is 14.1. The first-order chi connectivity index (χ1) is 10.8. The molecule has 0 amide bonds. The largest absolute Gasteiger partial charge is 0.497 e. The third-order valence-corrected chi connectivity index (χ3v) is 3.67. The van der Waals surface area contributed by atoms with Crippen molar-refractivity contribution in [2.75, 3.05) is 7.11 Å². The fraction of sp³-hybridized carbons (Fsp3) is 0.250. The fourth-order valence-electron chi connectivity index (χ4n) is 2.18. The summed E-state index contributed by atoms with van der Waals surface area (Å²) in [5.41, 5.74) is 2.16. The molecule has 0 heterocycles. The van der Waals surface area contributed by atoms with Crippen LogP contribution >= 0.6 is 0 Å². The molecule has 3 heteroatoms. The second-order valence-corrected chi connectivity index (χ2v) is 6.43. The summed E-state index contributed by atoms with van der Waals surface area (Å²) in [5, 5.41) is 0. The van der Waals surface area contributed by atoms with Crippen LogP contribution in [0.5, 0.6) is 5.75 Å². The van der Waals surface area contributed by atoms with Gasteiger partial charge in [0, 0.05) is 11.1 Å². The number of ketones is 2. The van der Waals surface area contributed by atoms with Gasteiger partial charge in [0.25, 0.3) is 0 Å². The van der Waals surface area contributed by atoms with Crippen molar-refractivity contribution in [3.63, 3.8) is 0 Å². The van der Waals surface area contributed by atoms with E-state index in [1.54, 1.807) is 43.5 Å². The Bertz CT molecular complexity index is 689. The Hall–Kier alpha value is -2.42. The maximum absolute atomic E-state index is 12.2. The average molecular weight is 309 g/mol. The monoisotopic (exact) mass is 309 g/mol. The molecule has 0 spiro atoms. The van der Waals surface area contributed by atoms with E-state index in [2.05, 4.69) is 20.8 Å². The standard InChI is InChI=1S/C20H21O3/c1-20(2,3)16-9-5-14(6-10-16)18(21)13-19(22)15-7-11-17(23-4)12-8-15/h5-13H,1-4H3. The summed E-state index contributed by atoms with van der Waals surface area (Å²) >= 11 is 0. The molecule has 3 nitrogen and oxygen atoms in total. The van der Waals surface area contributed by atoms with Crippen molar-refractivity contribution in [2.24, 2.45) is 0 Å². The molecule has 0 unspecified atom stereocenters. The van der Waals surface area contributed by atoms with Gasteiger partial charge in [-0.05, 0) is 35.2 Å². The third-order valence-electron chi connectivity index (χ3n) is 3.67. The molecule has 1 radical (unpaired) electrons. The van der Waals surface area contributed by atoms with Crippen LogP contribution in [0.3, 0.4) is 0 Å².